The van der Waals surface area contributed by atoms with E-state index in [1.807, 2.05) is 0 Å². The molecule has 5 nitrogen and oxygen atoms in total. The number of aromatic nitrogens is 2. The lowest BCUT2D eigenvalue weighted by Crippen LogP contribution is -2.29. The molecule has 0 saturated heterocycles. The van der Waals surface area contributed by atoms with Crippen molar-refractivity contribution in [3.05, 3.63) is 62.3 Å². The summed E-state index contributed by atoms with van der Waals surface area (Å²) in [5.74, 6) is -0.743. The molecule has 3 aromatic rings. The molecular weight excluding hydrogens is 341 g/mol. The number of benzene rings is 1. The standard InChI is InChI=1S/C18H16FN3O2S/c19-12-6-2-1-4-10(12)8-9-20-17(24)15-21-16(23)14-11-5-3-7-13(11)25-18(14)22-15/h1-2,4,6H,3,5,7-9H2,(H,20,24)(H,21,22,23). The molecule has 4 rings (SSSR count). The molecule has 1 aliphatic rings. The quantitative estimate of drug-likeness (QED) is 0.754. The van der Waals surface area contributed by atoms with Crippen molar-refractivity contribution < 1.29 is 9.18 Å². The fourth-order valence-corrected chi connectivity index (χ4v) is 4.47. The minimum Gasteiger partial charge on any atom is -0.349 e. The van der Waals surface area contributed by atoms with Gasteiger partial charge in [-0.1, -0.05) is 18.2 Å². The number of hydrogen-bond donors (Lipinski definition) is 2. The molecular formula is C18H16FN3O2S. The number of nitrogens with one attached hydrogen (secondary N) is 2. The lowest BCUT2D eigenvalue weighted by molar-refractivity contribution is 0.0943. The largest absolute Gasteiger partial charge is 0.349 e. The van der Waals surface area contributed by atoms with Crippen LogP contribution in [0.15, 0.2) is 29.1 Å². The second kappa shape index (κ2) is 6.40. The molecule has 0 fully saturated rings. The van der Waals surface area contributed by atoms with Crippen LogP contribution in [0.4, 0.5) is 4.39 Å². The molecule has 1 amide bonds. The number of H-pyrrole nitrogens is 1. The van der Waals surface area contributed by atoms with Gasteiger partial charge in [0.25, 0.3) is 11.5 Å². The van der Waals surface area contributed by atoms with Crippen LogP contribution in [-0.4, -0.2) is 22.4 Å². The average molecular weight is 357 g/mol. The fraction of sp³-hybridized carbons (Fsp3) is 0.278. The highest BCUT2D eigenvalue weighted by atomic mass is 32.1. The number of thiophene rings is 1. The van der Waals surface area contributed by atoms with Gasteiger partial charge in [-0.05, 0) is 42.9 Å². The van der Waals surface area contributed by atoms with Gasteiger partial charge in [0.1, 0.15) is 10.6 Å². The first-order chi connectivity index (χ1) is 12.1. The number of hydrogen-bond acceptors (Lipinski definition) is 4. The van der Waals surface area contributed by atoms with Gasteiger partial charge in [-0.3, -0.25) is 9.59 Å². The maximum Gasteiger partial charge on any atom is 0.287 e. The van der Waals surface area contributed by atoms with E-state index in [9.17, 15) is 14.0 Å². The van der Waals surface area contributed by atoms with Crippen molar-refractivity contribution in [2.24, 2.45) is 0 Å². The van der Waals surface area contributed by atoms with Gasteiger partial charge in [0.15, 0.2) is 0 Å². The number of carbonyl (C=O) groups excluding carboxylic acids is 1. The number of rotatable bonds is 4. The summed E-state index contributed by atoms with van der Waals surface area (Å²) in [5.41, 5.74) is 1.36. The molecule has 2 aromatic heterocycles. The van der Waals surface area contributed by atoms with Crippen molar-refractivity contribution in [2.45, 2.75) is 25.7 Å². The maximum atomic E-state index is 13.6. The number of halogens is 1. The van der Waals surface area contributed by atoms with Crippen molar-refractivity contribution in [2.75, 3.05) is 6.54 Å². The van der Waals surface area contributed by atoms with E-state index in [0.717, 1.165) is 24.8 Å². The highest BCUT2D eigenvalue weighted by Gasteiger charge is 2.22. The Bertz CT molecular complexity index is 1020. The van der Waals surface area contributed by atoms with Gasteiger partial charge in [-0.2, -0.15) is 0 Å². The summed E-state index contributed by atoms with van der Waals surface area (Å²) >= 11 is 1.49. The van der Waals surface area contributed by atoms with E-state index in [0.29, 0.717) is 22.2 Å². The van der Waals surface area contributed by atoms with Gasteiger partial charge in [-0.15, -0.1) is 11.3 Å². The van der Waals surface area contributed by atoms with Crippen LogP contribution in [0.5, 0.6) is 0 Å². The Labute approximate surface area is 146 Å². The van der Waals surface area contributed by atoms with Crippen LogP contribution in [-0.2, 0) is 19.3 Å². The van der Waals surface area contributed by atoms with E-state index in [-0.39, 0.29) is 23.7 Å². The Morgan fingerprint density at radius 1 is 1.32 bits per heavy atom. The van der Waals surface area contributed by atoms with Crippen LogP contribution in [0.2, 0.25) is 0 Å². The molecule has 0 bridgehead atoms. The molecule has 0 atom stereocenters. The summed E-state index contributed by atoms with van der Waals surface area (Å²) in [4.78, 5) is 33.3. The fourth-order valence-electron chi connectivity index (χ4n) is 3.21. The molecule has 25 heavy (non-hydrogen) atoms. The molecule has 128 valence electrons. The minimum absolute atomic E-state index is 0.00552. The molecule has 0 spiro atoms. The van der Waals surface area contributed by atoms with Gasteiger partial charge >= 0.3 is 0 Å². The van der Waals surface area contributed by atoms with Crippen LogP contribution in [0, 0.1) is 5.82 Å². The van der Waals surface area contributed by atoms with Gasteiger partial charge < -0.3 is 10.3 Å². The van der Waals surface area contributed by atoms with Crippen LogP contribution in [0.1, 0.15) is 33.0 Å². The van der Waals surface area contributed by atoms with Crippen molar-refractivity contribution in [3.8, 4) is 0 Å². The first-order valence-corrected chi connectivity index (χ1v) is 9.01. The smallest absolute Gasteiger partial charge is 0.287 e. The molecule has 0 saturated carbocycles. The topological polar surface area (TPSA) is 74.8 Å². The average Bonchev–Trinajstić information content (AvgIpc) is 3.16. The van der Waals surface area contributed by atoms with Gasteiger partial charge in [0.05, 0.1) is 5.39 Å². The van der Waals surface area contributed by atoms with Gasteiger partial charge in [0, 0.05) is 11.4 Å². The first kappa shape index (κ1) is 16.0. The van der Waals surface area contributed by atoms with Crippen LogP contribution < -0.4 is 10.9 Å². The lowest BCUT2D eigenvalue weighted by Gasteiger charge is -2.06. The zero-order chi connectivity index (χ0) is 17.4. The number of aryl methyl sites for hydroxylation is 2. The normalized spacial score (nSPS) is 13.2. The zero-order valence-electron chi connectivity index (χ0n) is 13.4. The van der Waals surface area contributed by atoms with Crippen LogP contribution >= 0.6 is 11.3 Å². The zero-order valence-corrected chi connectivity index (χ0v) is 14.2. The van der Waals surface area contributed by atoms with E-state index in [1.165, 1.54) is 22.3 Å². The Hall–Kier alpha value is -2.54. The summed E-state index contributed by atoms with van der Waals surface area (Å²) in [6, 6.07) is 6.45. The Morgan fingerprint density at radius 3 is 3.00 bits per heavy atom. The summed E-state index contributed by atoms with van der Waals surface area (Å²) in [5, 5.41) is 3.31. The molecule has 0 radical (unpaired) electrons. The summed E-state index contributed by atoms with van der Waals surface area (Å²) in [7, 11) is 0. The Balaban J connectivity index is 1.51. The number of fused-ring (bicyclic) bond motifs is 3. The molecule has 2 N–H and O–H groups in total. The molecule has 7 heteroatoms. The van der Waals surface area contributed by atoms with E-state index in [2.05, 4.69) is 15.3 Å². The van der Waals surface area contributed by atoms with Crippen molar-refractivity contribution in [1.29, 1.82) is 0 Å². The van der Waals surface area contributed by atoms with E-state index in [1.54, 1.807) is 18.2 Å². The van der Waals surface area contributed by atoms with Crippen molar-refractivity contribution in [1.82, 2.24) is 15.3 Å². The summed E-state index contributed by atoms with van der Waals surface area (Å²) in [6.07, 6.45) is 3.31. The van der Waals surface area contributed by atoms with Crippen molar-refractivity contribution in [3.63, 3.8) is 0 Å². The number of amides is 1. The Kier molecular flexibility index (Phi) is 4.09. The third-order valence-corrected chi connectivity index (χ3v) is 5.61. The predicted octanol–water partition coefficient (Wildman–Crippen LogP) is 2.58. The van der Waals surface area contributed by atoms with Crippen LogP contribution in [0.3, 0.4) is 0 Å². The van der Waals surface area contributed by atoms with Gasteiger partial charge in [-0.25, -0.2) is 9.37 Å². The highest BCUT2D eigenvalue weighted by molar-refractivity contribution is 7.18. The molecule has 1 aromatic carbocycles. The molecule has 0 aliphatic heterocycles. The summed E-state index contributed by atoms with van der Waals surface area (Å²) in [6.45, 7) is 0.266. The number of aromatic amines is 1. The van der Waals surface area contributed by atoms with E-state index < -0.39 is 5.91 Å². The second-order valence-corrected chi connectivity index (χ2v) is 7.13. The van der Waals surface area contributed by atoms with Crippen molar-refractivity contribution >= 4 is 27.5 Å². The van der Waals surface area contributed by atoms with E-state index >= 15 is 0 Å². The summed E-state index contributed by atoms with van der Waals surface area (Å²) < 4.78 is 13.6. The molecule has 0 unspecified atom stereocenters. The third kappa shape index (κ3) is 2.95. The number of nitrogens with zero attached hydrogens (tertiary/aromatic N) is 1. The molecule has 1 aliphatic carbocycles. The Morgan fingerprint density at radius 2 is 2.16 bits per heavy atom. The maximum absolute atomic E-state index is 13.6. The number of carbonyl (C=O) groups is 1. The third-order valence-electron chi connectivity index (χ3n) is 4.43. The SMILES string of the molecule is O=C(NCCc1ccccc1F)c1nc2sc3c(c2c(=O)[nH]1)CCC3. The lowest BCUT2D eigenvalue weighted by atomic mass is 10.1. The first-order valence-electron chi connectivity index (χ1n) is 8.19. The van der Waals surface area contributed by atoms with Crippen LogP contribution in [0.25, 0.3) is 10.2 Å². The predicted molar refractivity (Wildman–Crippen MR) is 94.7 cm³/mol. The second-order valence-electron chi connectivity index (χ2n) is 6.05. The van der Waals surface area contributed by atoms with E-state index in [4.69, 9.17) is 0 Å². The minimum atomic E-state index is -0.455. The monoisotopic (exact) mass is 357 g/mol. The highest BCUT2D eigenvalue weighted by Crippen LogP contribution is 2.34. The van der Waals surface area contributed by atoms with Gasteiger partial charge in [0.2, 0.25) is 5.82 Å². The molecule has 2 heterocycles.